The van der Waals surface area contributed by atoms with Gasteiger partial charge in [-0.15, -0.1) is 0 Å². The molecule has 0 aromatic heterocycles. The van der Waals surface area contributed by atoms with E-state index in [9.17, 15) is 14.2 Å². The summed E-state index contributed by atoms with van der Waals surface area (Å²) in [6, 6.07) is 15.9. The number of halogens is 2. The Balaban J connectivity index is 2.20. The number of hydrogen-bond acceptors (Lipinski definition) is 10. The van der Waals surface area contributed by atoms with Crippen molar-refractivity contribution in [2.45, 2.75) is 60.5 Å². The summed E-state index contributed by atoms with van der Waals surface area (Å²) >= 11 is 12.7. The van der Waals surface area contributed by atoms with Crippen LogP contribution in [0.2, 0.25) is 0 Å². The van der Waals surface area contributed by atoms with E-state index in [1.165, 1.54) is 23.6 Å². The minimum absolute atomic E-state index is 0.0280. The van der Waals surface area contributed by atoms with Crippen LogP contribution in [0.3, 0.4) is 0 Å². The van der Waals surface area contributed by atoms with Crippen LogP contribution in [0.5, 0.6) is 11.5 Å². The molecule has 0 aliphatic rings. The van der Waals surface area contributed by atoms with Gasteiger partial charge in [-0.3, -0.25) is 14.1 Å². The molecule has 0 spiro atoms. The summed E-state index contributed by atoms with van der Waals surface area (Å²) < 4.78 is 48.8. The number of para-hydroxylation sites is 1. The molecule has 0 unspecified atom stereocenters. The summed E-state index contributed by atoms with van der Waals surface area (Å²) in [4.78, 5) is 30.7. The average Bonchev–Trinajstić information content (AvgIpc) is 3.14. The number of ether oxygens (including phenoxy) is 3. The van der Waals surface area contributed by atoms with Gasteiger partial charge < -0.3 is 38.0 Å². The van der Waals surface area contributed by atoms with Crippen molar-refractivity contribution in [1.29, 1.82) is 0 Å². The minimum atomic E-state index is -4.56. The molecule has 2 aromatic rings. The van der Waals surface area contributed by atoms with Crippen LogP contribution in [-0.2, 0) is 45.3 Å². The number of amides is 2. The molecule has 1 atom stereocenters. The van der Waals surface area contributed by atoms with Gasteiger partial charge in [-0.25, -0.2) is 4.57 Å². The highest BCUT2D eigenvalue weighted by Gasteiger charge is 2.34. The van der Waals surface area contributed by atoms with Crippen molar-refractivity contribution in [2.24, 2.45) is 0 Å². The molecule has 12 nitrogen and oxygen atoms in total. The van der Waals surface area contributed by atoms with Crippen LogP contribution in [0.15, 0.2) is 70.1 Å². The SMILES string of the molecule is CCN(CC)C(=O)/C(Cl)=C(\C)OP(=O)(OCCO[C@H](COc1ccccc1CCc1cccc(OC)c1)CN(C)C)O/C(C)=C(\Cl)C(=O)N(CC)CC. The van der Waals surface area contributed by atoms with Crippen molar-refractivity contribution >= 4 is 42.8 Å². The Kier molecular flexibility index (Phi) is 20.4. The molecule has 0 N–H and O–H groups in total. The second-order valence-electron chi connectivity index (χ2n) is 12.2. The van der Waals surface area contributed by atoms with Crippen molar-refractivity contribution in [3.8, 4) is 11.5 Å². The number of methoxy groups -OCH3 is 1. The molecule has 0 bridgehead atoms. The maximum absolute atomic E-state index is 14.1. The van der Waals surface area contributed by atoms with Crippen LogP contribution in [0.4, 0.5) is 0 Å². The molecular formula is C38H56Cl2N3O9P. The Hall–Kier alpha value is -3.25. The topological polar surface area (TPSA) is 116 Å². The van der Waals surface area contributed by atoms with Crippen molar-refractivity contribution in [1.82, 2.24) is 14.7 Å². The molecule has 2 aromatic carbocycles. The van der Waals surface area contributed by atoms with Crippen LogP contribution in [-0.4, -0.2) is 106 Å². The second-order valence-corrected chi connectivity index (χ2v) is 14.5. The highest BCUT2D eigenvalue weighted by Crippen LogP contribution is 2.54. The van der Waals surface area contributed by atoms with Crippen molar-refractivity contribution < 1.29 is 41.9 Å². The third-order valence-electron chi connectivity index (χ3n) is 8.06. The molecule has 0 heterocycles. The summed E-state index contributed by atoms with van der Waals surface area (Å²) in [7, 11) is 0.925. The smallest absolute Gasteiger partial charge is 0.497 e. The molecule has 0 aliphatic carbocycles. The zero-order valence-corrected chi connectivity index (χ0v) is 34.9. The number of carbonyl (C=O) groups is 2. The molecule has 53 heavy (non-hydrogen) atoms. The second kappa shape index (κ2) is 23.5. The van der Waals surface area contributed by atoms with Gasteiger partial charge in [-0.05, 0) is 97.8 Å². The standard InChI is InChI=1S/C38H56Cl2N3O9P/c1-10-42(11-2)37(44)35(39)28(5)51-53(46,52-29(6)36(40)38(45)43(12-3)13-4)50-24-23-48-33(26-41(7)8)27-49-34-20-15-14-18-31(34)22-21-30-17-16-19-32(25-30)47-9/h14-20,25,33H,10-13,21-24,26-27H2,1-9H3/b35-28-,36-29-/t33-/m0/s1. The third kappa shape index (κ3) is 15.2. The first-order valence-electron chi connectivity index (χ1n) is 17.8. The summed E-state index contributed by atoms with van der Waals surface area (Å²) in [5, 5.41) is -0.590. The van der Waals surface area contributed by atoms with Gasteiger partial charge in [0.2, 0.25) is 0 Å². The van der Waals surface area contributed by atoms with Gasteiger partial charge >= 0.3 is 7.82 Å². The third-order valence-corrected chi connectivity index (χ3v) is 10.4. The Morgan fingerprint density at radius 1 is 0.792 bits per heavy atom. The Morgan fingerprint density at radius 2 is 1.36 bits per heavy atom. The first-order chi connectivity index (χ1) is 25.2. The van der Waals surface area contributed by atoms with Crippen molar-refractivity contribution in [3.05, 3.63) is 81.2 Å². The number of phosphoric ester groups is 1. The van der Waals surface area contributed by atoms with Crippen LogP contribution in [0.1, 0.15) is 52.7 Å². The first kappa shape index (κ1) is 45.9. The predicted molar refractivity (Wildman–Crippen MR) is 209 cm³/mol. The van der Waals surface area contributed by atoms with Crippen molar-refractivity contribution in [2.75, 3.05) is 73.7 Å². The zero-order chi connectivity index (χ0) is 39.6. The summed E-state index contributed by atoms with van der Waals surface area (Å²) in [6.07, 6.45) is 1.18. The van der Waals surface area contributed by atoms with E-state index in [2.05, 4.69) is 6.07 Å². The lowest BCUT2D eigenvalue weighted by molar-refractivity contribution is -0.127. The highest BCUT2D eigenvalue weighted by atomic mass is 35.5. The van der Waals surface area contributed by atoms with Crippen molar-refractivity contribution in [3.63, 3.8) is 0 Å². The average molecular weight is 801 g/mol. The summed E-state index contributed by atoms with van der Waals surface area (Å²) in [5.41, 5.74) is 2.21. The molecule has 0 saturated carbocycles. The van der Waals surface area contributed by atoms with E-state index >= 15 is 0 Å². The lowest BCUT2D eigenvalue weighted by Gasteiger charge is -2.24. The number of carbonyl (C=O) groups excluding carboxylic acids is 2. The number of phosphoric acid groups is 1. The van der Waals surface area contributed by atoms with E-state index in [0.29, 0.717) is 32.7 Å². The monoisotopic (exact) mass is 799 g/mol. The van der Waals surface area contributed by atoms with E-state index in [1.807, 2.05) is 61.5 Å². The fourth-order valence-electron chi connectivity index (χ4n) is 5.15. The Labute approximate surface area is 325 Å². The van der Waals surface area contributed by atoms with Gasteiger partial charge in [-0.1, -0.05) is 53.5 Å². The van der Waals surface area contributed by atoms with E-state index in [0.717, 1.165) is 35.5 Å². The quantitative estimate of drug-likeness (QED) is 0.0454. The molecule has 2 rings (SSSR count). The van der Waals surface area contributed by atoms with Gasteiger partial charge in [0.15, 0.2) is 0 Å². The number of hydrogen-bond donors (Lipinski definition) is 0. The van der Waals surface area contributed by atoms with Gasteiger partial charge in [-0.2, -0.15) is 0 Å². The van der Waals surface area contributed by atoms with Crippen LogP contribution in [0.25, 0.3) is 0 Å². The zero-order valence-electron chi connectivity index (χ0n) is 32.5. The summed E-state index contributed by atoms with van der Waals surface area (Å²) in [6.45, 7) is 12.1. The van der Waals surface area contributed by atoms with Gasteiger partial charge in [0, 0.05) is 32.7 Å². The molecular weight excluding hydrogens is 744 g/mol. The fourth-order valence-corrected chi connectivity index (χ4v) is 6.87. The first-order valence-corrected chi connectivity index (χ1v) is 20.0. The number of benzene rings is 2. The van der Waals surface area contributed by atoms with Gasteiger partial charge in [0.05, 0.1) is 20.3 Å². The predicted octanol–water partition coefficient (Wildman–Crippen LogP) is 7.64. The number of likely N-dealkylation sites (N-methyl/N-ethyl adjacent to an activating group) is 3. The van der Waals surface area contributed by atoms with E-state index in [-0.39, 0.29) is 41.4 Å². The van der Waals surface area contributed by atoms with Crippen LogP contribution < -0.4 is 9.47 Å². The molecule has 0 saturated heterocycles. The van der Waals surface area contributed by atoms with Gasteiger partial charge in [0.1, 0.15) is 45.8 Å². The molecule has 0 aliphatic heterocycles. The minimum Gasteiger partial charge on any atom is -0.497 e. The largest absolute Gasteiger partial charge is 0.587 e. The van der Waals surface area contributed by atoms with Gasteiger partial charge in [0.25, 0.3) is 11.8 Å². The van der Waals surface area contributed by atoms with E-state index in [4.69, 9.17) is 51.0 Å². The molecule has 0 radical (unpaired) electrons. The lowest BCUT2D eigenvalue weighted by Crippen LogP contribution is -2.34. The number of nitrogens with zero attached hydrogens (tertiary/aromatic N) is 3. The lowest BCUT2D eigenvalue weighted by atomic mass is 10.0. The van der Waals surface area contributed by atoms with Crippen LogP contribution in [0, 0.1) is 0 Å². The van der Waals surface area contributed by atoms with E-state index in [1.54, 1.807) is 34.8 Å². The highest BCUT2D eigenvalue weighted by molar-refractivity contribution is 7.48. The summed E-state index contributed by atoms with van der Waals surface area (Å²) in [5.74, 6) is 0.170. The Bertz CT molecular complexity index is 1530. The number of rotatable bonds is 24. The molecule has 2 amide bonds. The normalized spacial score (nSPS) is 13.1. The number of aryl methyl sites for hydroxylation is 2. The van der Waals surface area contributed by atoms with E-state index < -0.39 is 25.7 Å². The van der Waals surface area contributed by atoms with Crippen LogP contribution >= 0.6 is 31.0 Å². The molecule has 296 valence electrons. The Morgan fingerprint density at radius 3 is 1.89 bits per heavy atom. The number of allylic oxidation sites excluding steroid dienone is 2. The fraction of sp³-hybridized carbons (Fsp3) is 0.526. The maximum Gasteiger partial charge on any atom is 0.587 e. The molecule has 15 heteroatoms. The molecule has 0 fully saturated rings. The maximum atomic E-state index is 14.1.